The SMILES string of the molecule is CCCn1nc(C)c(N)c1N(C)C1CCC(C)CC1. The number of nitrogen functional groups attached to an aromatic ring is 1. The van der Waals surface area contributed by atoms with Crippen LogP contribution in [0.25, 0.3) is 0 Å². The summed E-state index contributed by atoms with van der Waals surface area (Å²) in [5.41, 5.74) is 8.06. The summed E-state index contributed by atoms with van der Waals surface area (Å²) in [6, 6.07) is 0.616. The molecule has 0 unspecified atom stereocenters. The molecule has 2 rings (SSSR count). The molecule has 0 bridgehead atoms. The first-order chi connectivity index (χ1) is 9.04. The molecule has 0 saturated heterocycles. The van der Waals surface area contributed by atoms with E-state index in [0.717, 1.165) is 36.1 Å². The summed E-state index contributed by atoms with van der Waals surface area (Å²) in [7, 11) is 2.18. The summed E-state index contributed by atoms with van der Waals surface area (Å²) in [6.45, 7) is 7.48. The highest BCUT2D eigenvalue weighted by molar-refractivity contribution is 5.66. The van der Waals surface area contributed by atoms with E-state index in [1.54, 1.807) is 0 Å². The molecule has 0 amide bonds. The number of aromatic nitrogens is 2. The van der Waals surface area contributed by atoms with Crippen LogP contribution in [0.4, 0.5) is 11.5 Å². The molecule has 1 heterocycles. The lowest BCUT2D eigenvalue weighted by atomic mass is 9.87. The van der Waals surface area contributed by atoms with Gasteiger partial charge in [-0.15, -0.1) is 0 Å². The minimum absolute atomic E-state index is 0.616. The van der Waals surface area contributed by atoms with Crippen molar-refractivity contribution >= 4 is 11.5 Å². The first-order valence-corrected chi connectivity index (χ1v) is 7.60. The molecule has 0 aliphatic heterocycles. The van der Waals surface area contributed by atoms with Gasteiger partial charge in [-0.05, 0) is 44.9 Å². The number of rotatable bonds is 4. The van der Waals surface area contributed by atoms with Crippen LogP contribution in [-0.4, -0.2) is 22.9 Å². The van der Waals surface area contributed by atoms with E-state index in [-0.39, 0.29) is 0 Å². The lowest BCUT2D eigenvalue weighted by Gasteiger charge is -2.35. The first kappa shape index (κ1) is 14.2. The van der Waals surface area contributed by atoms with Crippen LogP contribution in [0.2, 0.25) is 0 Å². The Hall–Kier alpha value is -1.19. The van der Waals surface area contributed by atoms with Gasteiger partial charge in [-0.3, -0.25) is 0 Å². The van der Waals surface area contributed by atoms with Gasteiger partial charge in [0.1, 0.15) is 0 Å². The molecule has 0 spiro atoms. The van der Waals surface area contributed by atoms with Crippen molar-refractivity contribution in [2.75, 3.05) is 17.7 Å². The standard InChI is InChI=1S/C15H28N4/c1-5-10-19-15(14(16)12(3)17-19)18(4)13-8-6-11(2)7-9-13/h11,13H,5-10,16H2,1-4H3. The lowest BCUT2D eigenvalue weighted by molar-refractivity contribution is 0.338. The van der Waals surface area contributed by atoms with Crippen molar-refractivity contribution in [2.24, 2.45) is 5.92 Å². The van der Waals surface area contributed by atoms with Crippen LogP contribution in [0.1, 0.15) is 51.6 Å². The van der Waals surface area contributed by atoms with Gasteiger partial charge in [0.25, 0.3) is 0 Å². The molecular formula is C15H28N4. The molecule has 4 nitrogen and oxygen atoms in total. The zero-order valence-electron chi connectivity index (χ0n) is 12.8. The fourth-order valence-electron chi connectivity index (χ4n) is 3.13. The van der Waals surface area contributed by atoms with Crippen molar-refractivity contribution in [2.45, 2.75) is 65.5 Å². The lowest BCUT2D eigenvalue weighted by Crippen LogP contribution is -2.36. The van der Waals surface area contributed by atoms with E-state index < -0.39 is 0 Å². The predicted molar refractivity (Wildman–Crippen MR) is 81.5 cm³/mol. The summed E-state index contributed by atoms with van der Waals surface area (Å²) in [4.78, 5) is 2.37. The van der Waals surface area contributed by atoms with Gasteiger partial charge in [0, 0.05) is 19.6 Å². The van der Waals surface area contributed by atoms with Crippen molar-refractivity contribution < 1.29 is 0 Å². The zero-order valence-corrected chi connectivity index (χ0v) is 12.8. The maximum absolute atomic E-state index is 6.24. The normalized spacial score (nSPS) is 23.6. The van der Waals surface area contributed by atoms with Gasteiger partial charge in [0.2, 0.25) is 0 Å². The third-order valence-corrected chi connectivity index (χ3v) is 4.45. The Labute approximate surface area is 117 Å². The van der Waals surface area contributed by atoms with Crippen LogP contribution in [0.5, 0.6) is 0 Å². The van der Waals surface area contributed by atoms with Crippen LogP contribution < -0.4 is 10.6 Å². The molecular weight excluding hydrogens is 236 g/mol. The molecule has 0 radical (unpaired) electrons. The Morgan fingerprint density at radius 2 is 1.95 bits per heavy atom. The number of anilines is 2. The third-order valence-electron chi connectivity index (χ3n) is 4.45. The highest BCUT2D eigenvalue weighted by Crippen LogP contribution is 2.33. The van der Waals surface area contributed by atoms with E-state index in [0.29, 0.717) is 6.04 Å². The molecule has 2 N–H and O–H groups in total. The number of hydrogen-bond donors (Lipinski definition) is 1. The molecule has 1 saturated carbocycles. The fraction of sp³-hybridized carbons (Fsp3) is 0.800. The average Bonchev–Trinajstić information content (AvgIpc) is 2.66. The Balaban J connectivity index is 2.20. The topological polar surface area (TPSA) is 47.1 Å². The summed E-state index contributed by atoms with van der Waals surface area (Å²) in [6.07, 6.45) is 6.29. The van der Waals surface area contributed by atoms with Gasteiger partial charge in [0.15, 0.2) is 5.82 Å². The van der Waals surface area contributed by atoms with E-state index in [1.165, 1.54) is 25.7 Å². The second kappa shape index (κ2) is 5.85. The van der Waals surface area contributed by atoms with Gasteiger partial charge in [-0.2, -0.15) is 5.10 Å². The summed E-state index contributed by atoms with van der Waals surface area (Å²) < 4.78 is 2.09. The molecule has 19 heavy (non-hydrogen) atoms. The molecule has 1 aliphatic rings. The Morgan fingerprint density at radius 1 is 1.32 bits per heavy atom. The molecule has 1 fully saturated rings. The van der Waals surface area contributed by atoms with Gasteiger partial charge in [0.05, 0.1) is 11.4 Å². The van der Waals surface area contributed by atoms with Gasteiger partial charge in [-0.1, -0.05) is 13.8 Å². The quantitative estimate of drug-likeness (QED) is 0.908. The number of hydrogen-bond acceptors (Lipinski definition) is 3. The van der Waals surface area contributed by atoms with Crippen molar-refractivity contribution in [3.63, 3.8) is 0 Å². The highest BCUT2D eigenvalue weighted by atomic mass is 15.4. The van der Waals surface area contributed by atoms with Gasteiger partial charge < -0.3 is 10.6 Å². The van der Waals surface area contributed by atoms with Crippen molar-refractivity contribution in [3.05, 3.63) is 5.69 Å². The van der Waals surface area contributed by atoms with Crippen LogP contribution >= 0.6 is 0 Å². The van der Waals surface area contributed by atoms with E-state index >= 15 is 0 Å². The number of aryl methyl sites for hydroxylation is 2. The van der Waals surface area contributed by atoms with Crippen LogP contribution in [0.15, 0.2) is 0 Å². The minimum atomic E-state index is 0.616. The molecule has 0 atom stereocenters. The van der Waals surface area contributed by atoms with Crippen molar-refractivity contribution in [1.29, 1.82) is 0 Å². The maximum Gasteiger partial charge on any atom is 0.150 e. The van der Waals surface area contributed by atoms with E-state index in [9.17, 15) is 0 Å². The van der Waals surface area contributed by atoms with Crippen LogP contribution in [-0.2, 0) is 6.54 Å². The predicted octanol–water partition coefficient (Wildman–Crippen LogP) is 3.20. The van der Waals surface area contributed by atoms with E-state index in [4.69, 9.17) is 5.73 Å². The summed E-state index contributed by atoms with van der Waals surface area (Å²) in [5.74, 6) is 2.00. The van der Waals surface area contributed by atoms with Crippen LogP contribution in [0.3, 0.4) is 0 Å². The maximum atomic E-state index is 6.24. The zero-order chi connectivity index (χ0) is 14.0. The van der Waals surface area contributed by atoms with E-state index in [2.05, 4.69) is 35.6 Å². The monoisotopic (exact) mass is 264 g/mol. The molecule has 0 aromatic carbocycles. The fourth-order valence-corrected chi connectivity index (χ4v) is 3.13. The molecule has 1 aromatic rings. The second-order valence-corrected chi connectivity index (χ2v) is 6.07. The van der Waals surface area contributed by atoms with Gasteiger partial charge in [-0.25, -0.2) is 4.68 Å². The van der Waals surface area contributed by atoms with E-state index in [1.807, 2.05) is 6.92 Å². The largest absolute Gasteiger partial charge is 0.394 e. The minimum Gasteiger partial charge on any atom is -0.394 e. The molecule has 108 valence electrons. The molecule has 4 heteroatoms. The van der Waals surface area contributed by atoms with Gasteiger partial charge >= 0.3 is 0 Å². The summed E-state index contributed by atoms with van der Waals surface area (Å²) >= 11 is 0. The number of nitrogens with two attached hydrogens (primary N) is 1. The van der Waals surface area contributed by atoms with Crippen molar-refractivity contribution in [1.82, 2.24) is 9.78 Å². The number of nitrogens with zero attached hydrogens (tertiary/aromatic N) is 3. The Morgan fingerprint density at radius 3 is 2.53 bits per heavy atom. The van der Waals surface area contributed by atoms with Crippen molar-refractivity contribution in [3.8, 4) is 0 Å². The highest BCUT2D eigenvalue weighted by Gasteiger charge is 2.26. The van der Waals surface area contributed by atoms with Crippen LogP contribution in [0, 0.1) is 12.8 Å². The third kappa shape index (κ3) is 2.88. The Kier molecular flexibility index (Phi) is 4.38. The summed E-state index contributed by atoms with van der Waals surface area (Å²) in [5, 5.41) is 4.58. The smallest absolute Gasteiger partial charge is 0.150 e. The average molecular weight is 264 g/mol. The molecule has 1 aliphatic carbocycles. The first-order valence-electron chi connectivity index (χ1n) is 7.60. The Bertz CT molecular complexity index is 416. The second-order valence-electron chi connectivity index (χ2n) is 6.07. The molecule has 1 aromatic heterocycles.